The molecule has 1 aromatic heterocycles. The van der Waals surface area contributed by atoms with E-state index in [2.05, 4.69) is 52.6 Å². The molecule has 24 heavy (non-hydrogen) atoms. The fraction of sp³-hybridized carbons (Fsp3) is 0.389. The van der Waals surface area contributed by atoms with Crippen molar-refractivity contribution in [3.05, 3.63) is 53.0 Å². The Morgan fingerprint density at radius 2 is 2.17 bits per heavy atom. The summed E-state index contributed by atoms with van der Waals surface area (Å²) < 4.78 is 5.04. The Morgan fingerprint density at radius 1 is 1.33 bits per heavy atom. The molecule has 0 saturated heterocycles. The zero-order valence-corrected chi connectivity index (χ0v) is 14.2. The van der Waals surface area contributed by atoms with Crippen molar-refractivity contribution in [2.75, 3.05) is 12.4 Å². The van der Waals surface area contributed by atoms with Crippen molar-refractivity contribution < 1.29 is 9.53 Å². The van der Waals surface area contributed by atoms with Gasteiger partial charge in [0.05, 0.1) is 18.3 Å². The summed E-state index contributed by atoms with van der Waals surface area (Å²) in [5.41, 5.74) is 4.44. The maximum atomic E-state index is 12.4. The molecule has 0 aliphatic heterocycles. The van der Waals surface area contributed by atoms with Crippen LogP contribution in [0.15, 0.2) is 30.6 Å². The monoisotopic (exact) mass is 326 g/mol. The van der Waals surface area contributed by atoms with E-state index in [9.17, 15) is 4.79 Å². The molecule has 0 spiro atoms. The molecule has 0 saturated carbocycles. The van der Waals surface area contributed by atoms with Crippen molar-refractivity contribution in [2.24, 2.45) is 5.92 Å². The first kappa shape index (κ1) is 16.4. The standard InChI is InChI=1S/C18H22N4O2/c1-11-4-5-13-7-12(2)17(15(13)6-11)22-18(23)21-16-8-14(9-24-3)19-10-20-16/h4-6,8,10,12,17H,7,9H2,1-3H3,(H2,19,20,21,22,23)/t12-,17+/m0/s1. The third-order valence-electron chi connectivity index (χ3n) is 4.29. The van der Waals surface area contributed by atoms with Gasteiger partial charge in [0, 0.05) is 13.2 Å². The van der Waals surface area contributed by atoms with Crippen LogP contribution in [0.3, 0.4) is 0 Å². The topological polar surface area (TPSA) is 76.1 Å². The molecule has 0 fully saturated rings. The number of anilines is 1. The molecule has 1 aliphatic rings. The van der Waals surface area contributed by atoms with Crippen molar-refractivity contribution in [3.63, 3.8) is 0 Å². The van der Waals surface area contributed by atoms with E-state index < -0.39 is 0 Å². The van der Waals surface area contributed by atoms with Gasteiger partial charge in [-0.2, -0.15) is 0 Å². The van der Waals surface area contributed by atoms with Crippen molar-refractivity contribution in [1.29, 1.82) is 0 Å². The zero-order valence-electron chi connectivity index (χ0n) is 14.2. The van der Waals surface area contributed by atoms with Crippen molar-refractivity contribution in [2.45, 2.75) is 32.9 Å². The van der Waals surface area contributed by atoms with Crippen LogP contribution >= 0.6 is 0 Å². The molecule has 0 unspecified atom stereocenters. The molecule has 3 rings (SSSR count). The number of fused-ring (bicyclic) bond motifs is 1. The van der Waals surface area contributed by atoms with Crippen LogP contribution in [-0.2, 0) is 17.8 Å². The number of amides is 2. The Balaban J connectivity index is 1.69. The number of aryl methyl sites for hydroxylation is 1. The summed E-state index contributed by atoms with van der Waals surface area (Å²) >= 11 is 0. The van der Waals surface area contributed by atoms with Crippen molar-refractivity contribution >= 4 is 11.8 Å². The van der Waals surface area contributed by atoms with E-state index in [1.165, 1.54) is 23.0 Å². The molecule has 1 aliphatic carbocycles. The van der Waals surface area contributed by atoms with Gasteiger partial charge in [-0.3, -0.25) is 5.32 Å². The first-order chi connectivity index (χ1) is 11.6. The molecule has 1 heterocycles. The highest BCUT2D eigenvalue weighted by atomic mass is 16.5. The highest BCUT2D eigenvalue weighted by Gasteiger charge is 2.30. The molecule has 1 aromatic carbocycles. The average molecular weight is 326 g/mol. The van der Waals surface area contributed by atoms with E-state index in [-0.39, 0.29) is 12.1 Å². The zero-order chi connectivity index (χ0) is 17.1. The van der Waals surface area contributed by atoms with Crippen molar-refractivity contribution in [1.82, 2.24) is 15.3 Å². The molecule has 6 nitrogen and oxygen atoms in total. The van der Waals surface area contributed by atoms with Gasteiger partial charge >= 0.3 is 6.03 Å². The second kappa shape index (κ2) is 6.97. The molecule has 2 aromatic rings. The number of aromatic nitrogens is 2. The Morgan fingerprint density at radius 3 is 2.96 bits per heavy atom. The molecule has 2 N–H and O–H groups in total. The lowest BCUT2D eigenvalue weighted by atomic mass is 10.0. The van der Waals surface area contributed by atoms with Crippen LogP contribution in [0.2, 0.25) is 0 Å². The number of methoxy groups -OCH3 is 1. The van der Waals surface area contributed by atoms with Crippen LogP contribution in [0.25, 0.3) is 0 Å². The molecule has 126 valence electrons. The van der Waals surface area contributed by atoms with E-state index in [1.54, 1.807) is 13.2 Å². The Kier molecular flexibility index (Phi) is 4.76. The third kappa shape index (κ3) is 3.54. The summed E-state index contributed by atoms with van der Waals surface area (Å²) in [5, 5.41) is 5.85. The fourth-order valence-electron chi connectivity index (χ4n) is 3.17. The fourth-order valence-corrected chi connectivity index (χ4v) is 3.17. The minimum atomic E-state index is -0.261. The van der Waals surface area contributed by atoms with E-state index in [1.807, 2.05) is 0 Å². The molecule has 2 atom stereocenters. The second-order valence-corrected chi connectivity index (χ2v) is 6.29. The number of ether oxygens (including phenoxy) is 1. The minimum absolute atomic E-state index is 0.0141. The van der Waals surface area contributed by atoms with Gasteiger partial charge in [-0.25, -0.2) is 14.8 Å². The van der Waals surface area contributed by atoms with Crippen LogP contribution in [0.5, 0.6) is 0 Å². The van der Waals surface area contributed by atoms with E-state index in [0.29, 0.717) is 18.3 Å². The summed E-state index contributed by atoms with van der Waals surface area (Å²) in [6, 6.07) is 7.89. The summed E-state index contributed by atoms with van der Waals surface area (Å²) in [5.74, 6) is 0.826. The number of benzene rings is 1. The highest BCUT2D eigenvalue weighted by molar-refractivity contribution is 5.88. The van der Waals surface area contributed by atoms with Gasteiger partial charge in [0.1, 0.15) is 12.1 Å². The predicted octanol–water partition coefficient (Wildman–Crippen LogP) is 2.99. The Labute approximate surface area is 141 Å². The van der Waals surface area contributed by atoms with Gasteiger partial charge in [-0.15, -0.1) is 0 Å². The SMILES string of the molecule is COCc1cc(NC(=O)N[C@H]2c3cc(C)ccc3C[C@@H]2C)ncn1. The Hall–Kier alpha value is -2.47. The van der Waals surface area contributed by atoms with Gasteiger partial charge in [0.25, 0.3) is 0 Å². The molecule has 0 radical (unpaired) electrons. The molecular formula is C18H22N4O2. The summed E-state index contributed by atoms with van der Waals surface area (Å²) in [6.07, 6.45) is 2.40. The lowest BCUT2D eigenvalue weighted by molar-refractivity contribution is 0.181. The second-order valence-electron chi connectivity index (χ2n) is 6.29. The first-order valence-electron chi connectivity index (χ1n) is 8.03. The highest BCUT2D eigenvalue weighted by Crippen LogP contribution is 2.36. The first-order valence-corrected chi connectivity index (χ1v) is 8.03. The van der Waals surface area contributed by atoms with E-state index in [0.717, 1.165) is 12.1 Å². The van der Waals surface area contributed by atoms with Gasteiger partial charge in [-0.1, -0.05) is 30.7 Å². The number of rotatable bonds is 4. The minimum Gasteiger partial charge on any atom is -0.378 e. The van der Waals surface area contributed by atoms with Gasteiger partial charge in [0.2, 0.25) is 0 Å². The summed E-state index contributed by atoms with van der Waals surface area (Å²) in [6.45, 7) is 4.60. The molecule has 2 amide bonds. The van der Waals surface area contributed by atoms with Gasteiger partial charge in [-0.05, 0) is 30.4 Å². The van der Waals surface area contributed by atoms with Gasteiger partial charge in [0.15, 0.2) is 0 Å². The predicted molar refractivity (Wildman–Crippen MR) is 91.7 cm³/mol. The smallest absolute Gasteiger partial charge is 0.320 e. The van der Waals surface area contributed by atoms with Crippen molar-refractivity contribution in [3.8, 4) is 0 Å². The van der Waals surface area contributed by atoms with Crippen LogP contribution < -0.4 is 10.6 Å². The number of carbonyl (C=O) groups excluding carboxylic acids is 1. The number of nitrogens with zero attached hydrogens (tertiary/aromatic N) is 2. The number of nitrogens with one attached hydrogen (secondary N) is 2. The number of carbonyl (C=O) groups is 1. The van der Waals surface area contributed by atoms with Crippen LogP contribution in [0, 0.1) is 12.8 Å². The normalized spacial score (nSPS) is 19.0. The maximum Gasteiger partial charge on any atom is 0.320 e. The average Bonchev–Trinajstić information content (AvgIpc) is 2.84. The maximum absolute atomic E-state index is 12.4. The van der Waals surface area contributed by atoms with E-state index in [4.69, 9.17) is 4.74 Å². The van der Waals surface area contributed by atoms with Crippen LogP contribution in [-0.4, -0.2) is 23.1 Å². The molecule has 6 heteroatoms. The quantitative estimate of drug-likeness (QED) is 0.905. The van der Waals surface area contributed by atoms with Gasteiger partial charge < -0.3 is 10.1 Å². The lowest BCUT2D eigenvalue weighted by Crippen LogP contribution is -2.34. The van der Waals surface area contributed by atoms with Crippen LogP contribution in [0.4, 0.5) is 10.6 Å². The largest absolute Gasteiger partial charge is 0.378 e. The summed E-state index contributed by atoms with van der Waals surface area (Å²) in [7, 11) is 1.60. The number of hydrogen-bond donors (Lipinski definition) is 2. The molecular weight excluding hydrogens is 304 g/mol. The third-order valence-corrected chi connectivity index (χ3v) is 4.29. The molecule has 0 bridgehead atoms. The Bertz CT molecular complexity index is 748. The van der Waals surface area contributed by atoms with E-state index >= 15 is 0 Å². The number of urea groups is 1. The summed E-state index contributed by atoms with van der Waals surface area (Å²) in [4.78, 5) is 20.5. The van der Waals surface area contributed by atoms with Crippen LogP contribution in [0.1, 0.15) is 35.3 Å². The lowest BCUT2D eigenvalue weighted by Gasteiger charge is -2.19. The number of hydrogen-bond acceptors (Lipinski definition) is 4.